The second kappa shape index (κ2) is 9.29. The molecule has 32 heavy (non-hydrogen) atoms. The lowest BCUT2D eigenvalue weighted by Gasteiger charge is -2.16. The number of nitrogens with zero attached hydrogens (tertiary/aromatic N) is 5. The Labute approximate surface area is 190 Å². The van der Waals surface area contributed by atoms with Gasteiger partial charge < -0.3 is 10.6 Å². The summed E-state index contributed by atoms with van der Waals surface area (Å²) in [6.07, 6.45) is 1.05. The SMILES string of the molecule is CCCN(C)C(=O)n1c(=O)n(Cc2ccc(Cl)cc2)c2nc(S(=O)(=O)CCC)nc(N)c21. The standard InChI is InChI=1S/C20H25ClN6O4S/c1-4-10-25(3)19(28)27-15-16(22)23-18(32(30,31)11-5-2)24-17(15)26(20(27)29)12-13-6-8-14(21)9-7-13/h6-9H,4-5,10-12H2,1-3H3,(H2,22,23,24). The highest BCUT2D eigenvalue weighted by molar-refractivity contribution is 7.91. The number of fused-ring (bicyclic) bond motifs is 1. The molecule has 2 heterocycles. The molecule has 2 N–H and O–H groups in total. The highest BCUT2D eigenvalue weighted by atomic mass is 35.5. The Hall–Kier alpha value is -2.92. The summed E-state index contributed by atoms with van der Waals surface area (Å²) in [5.74, 6) is -0.423. The number of imidazole rings is 1. The van der Waals surface area contributed by atoms with Crippen LogP contribution < -0.4 is 11.4 Å². The number of anilines is 1. The zero-order chi connectivity index (χ0) is 23.6. The molecule has 0 bridgehead atoms. The van der Waals surface area contributed by atoms with Crippen LogP contribution in [0, 0.1) is 0 Å². The number of sulfone groups is 1. The van der Waals surface area contributed by atoms with Crippen LogP contribution >= 0.6 is 11.6 Å². The van der Waals surface area contributed by atoms with Crippen LogP contribution in [0.25, 0.3) is 11.2 Å². The molecule has 172 valence electrons. The minimum atomic E-state index is -3.81. The van der Waals surface area contributed by atoms with E-state index in [2.05, 4.69) is 9.97 Å². The van der Waals surface area contributed by atoms with Crippen LogP contribution in [0.3, 0.4) is 0 Å². The number of hydrogen-bond acceptors (Lipinski definition) is 7. The minimum absolute atomic E-state index is 0.0210. The summed E-state index contributed by atoms with van der Waals surface area (Å²) in [4.78, 5) is 35.9. The number of amides is 1. The highest BCUT2D eigenvalue weighted by Gasteiger charge is 2.28. The second-order valence-corrected chi connectivity index (χ2v) is 9.86. The molecule has 0 radical (unpaired) electrons. The molecule has 0 aliphatic carbocycles. The van der Waals surface area contributed by atoms with Crippen molar-refractivity contribution in [2.45, 2.75) is 38.4 Å². The van der Waals surface area contributed by atoms with E-state index >= 15 is 0 Å². The molecule has 2 aromatic heterocycles. The zero-order valence-corrected chi connectivity index (χ0v) is 19.6. The first-order valence-electron chi connectivity index (χ1n) is 10.1. The molecule has 1 amide bonds. The van der Waals surface area contributed by atoms with Crippen LogP contribution in [0.4, 0.5) is 10.6 Å². The lowest BCUT2D eigenvalue weighted by molar-refractivity contribution is 0.210. The first-order valence-corrected chi connectivity index (χ1v) is 12.1. The molecule has 0 aliphatic rings. The molecular weight excluding hydrogens is 456 g/mol. The normalized spacial score (nSPS) is 11.8. The maximum absolute atomic E-state index is 13.3. The summed E-state index contributed by atoms with van der Waals surface area (Å²) in [7, 11) is -2.24. The Kier molecular flexibility index (Phi) is 6.89. The van der Waals surface area contributed by atoms with E-state index in [-0.39, 0.29) is 29.3 Å². The number of nitrogens with two attached hydrogens (primary N) is 1. The van der Waals surface area contributed by atoms with Gasteiger partial charge in [0.1, 0.15) is 5.52 Å². The van der Waals surface area contributed by atoms with Gasteiger partial charge in [0, 0.05) is 18.6 Å². The fourth-order valence-electron chi connectivity index (χ4n) is 3.34. The first-order chi connectivity index (χ1) is 15.1. The van der Waals surface area contributed by atoms with E-state index in [9.17, 15) is 18.0 Å². The van der Waals surface area contributed by atoms with Crippen molar-refractivity contribution in [1.82, 2.24) is 24.0 Å². The van der Waals surface area contributed by atoms with E-state index in [4.69, 9.17) is 17.3 Å². The van der Waals surface area contributed by atoms with E-state index in [1.54, 1.807) is 38.2 Å². The number of halogens is 1. The van der Waals surface area contributed by atoms with Gasteiger partial charge in [-0.05, 0) is 30.5 Å². The van der Waals surface area contributed by atoms with Gasteiger partial charge in [-0.1, -0.05) is 37.6 Å². The number of hydrogen-bond donors (Lipinski definition) is 1. The average molecular weight is 481 g/mol. The number of nitrogen functional groups attached to an aromatic ring is 1. The van der Waals surface area contributed by atoms with Crippen molar-refractivity contribution >= 4 is 44.5 Å². The van der Waals surface area contributed by atoms with Crippen LogP contribution in [0.2, 0.25) is 5.02 Å². The van der Waals surface area contributed by atoms with Crippen LogP contribution in [0.1, 0.15) is 32.3 Å². The van der Waals surface area contributed by atoms with E-state index in [1.807, 2.05) is 6.92 Å². The first kappa shape index (κ1) is 23.7. The smallest absolute Gasteiger partial charge is 0.339 e. The van der Waals surface area contributed by atoms with Crippen molar-refractivity contribution in [3.8, 4) is 0 Å². The maximum Gasteiger partial charge on any atom is 0.339 e. The molecule has 0 saturated carbocycles. The summed E-state index contributed by atoms with van der Waals surface area (Å²) in [5.41, 5.74) is 6.06. The van der Waals surface area contributed by atoms with Gasteiger partial charge in [0.05, 0.1) is 12.3 Å². The molecule has 0 spiro atoms. The van der Waals surface area contributed by atoms with Gasteiger partial charge in [-0.15, -0.1) is 0 Å². The van der Waals surface area contributed by atoms with E-state index in [0.29, 0.717) is 30.0 Å². The lowest BCUT2D eigenvalue weighted by Crippen LogP contribution is -2.38. The Bertz CT molecular complexity index is 1310. The average Bonchev–Trinajstić information content (AvgIpc) is 3.01. The van der Waals surface area contributed by atoms with Crippen LogP contribution in [0.5, 0.6) is 0 Å². The topological polar surface area (TPSA) is 133 Å². The van der Waals surface area contributed by atoms with Gasteiger partial charge in [-0.25, -0.2) is 22.6 Å². The van der Waals surface area contributed by atoms with Gasteiger partial charge in [0.25, 0.3) is 5.16 Å². The van der Waals surface area contributed by atoms with Crippen LogP contribution in [-0.2, 0) is 16.4 Å². The van der Waals surface area contributed by atoms with E-state index in [0.717, 1.165) is 4.57 Å². The molecule has 0 fully saturated rings. The highest BCUT2D eigenvalue weighted by Crippen LogP contribution is 2.22. The molecule has 0 aliphatic heterocycles. The molecule has 0 atom stereocenters. The van der Waals surface area contributed by atoms with Crippen LogP contribution in [0.15, 0.2) is 34.2 Å². The number of benzene rings is 1. The Morgan fingerprint density at radius 1 is 1.16 bits per heavy atom. The van der Waals surface area contributed by atoms with Gasteiger partial charge in [0.15, 0.2) is 11.5 Å². The van der Waals surface area contributed by atoms with Crippen molar-refractivity contribution in [3.05, 3.63) is 45.3 Å². The molecule has 0 saturated heterocycles. The minimum Gasteiger partial charge on any atom is -0.382 e. The Balaban J connectivity index is 2.30. The lowest BCUT2D eigenvalue weighted by atomic mass is 10.2. The molecular formula is C20H25ClN6O4S. The number of aromatic nitrogens is 4. The molecule has 3 rings (SSSR count). The zero-order valence-electron chi connectivity index (χ0n) is 18.1. The maximum atomic E-state index is 13.3. The van der Waals surface area contributed by atoms with Gasteiger partial charge in [-0.3, -0.25) is 4.57 Å². The number of carbonyl (C=O) groups excluding carboxylic acids is 1. The molecule has 1 aromatic carbocycles. The second-order valence-electron chi connectivity index (χ2n) is 7.42. The fraction of sp³-hybridized carbons (Fsp3) is 0.400. The van der Waals surface area contributed by atoms with Crippen molar-refractivity contribution in [2.24, 2.45) is 0 Å². The Morgan fingerprint density at radius 2 is 1.81 bits per heavy atom. The fourth-order valence-corrected chi connectivity index (χ4v) is 4.65. The summed E-state index contributed by atoms with van der Waals surface area (Å²) in [6.45, 7) is 4.07. The van der Waals surface area contributed by atoms with Gasteiger partial charge >= 0.3 is 11.7 Å². The number of carbonyl (C=O) groups is 1. The molecule has 12 heteroatoms. The third kappa shape index (κ3) is 4.49. The molecule has 0 unspecified atom stereocenters. The predicted octanol–water partition coefficient (Wildman–Crippen LogP) is 2.37. The van der Waals surface area contributed by atoms with Crippen molar-refractivity contribution in [1.29, 1.82) is 0 Å². The van der Waals surface area contributed by atoms with E-state index in [1.165, 1.54) is 9.47 Å². The van der Waals surface area contributed by atoms with Crippen molar-refractivity contribution in [3.63, 3.8) is 0 Å². The predicted molar refractivity (Wildman–Crippen MR) is 123 cm³/mol. The summed E-state index contributed by atoms with van der Waals surface area (Å²) < 4.78 is 27.3. The van der Waals surface area contributed by atoms with Gasteiger partial charge in [0.2, 0.25) is 9.84 Å². The summed E-state index contributed by atoms with van der Waals surface area (Å²) >= 11 is 5.95. The molecule has 3 aromatic rings. The van der Waals surface area contributed by atoms with Crippen LogP contribution in [-0.4, -0.2) is 57.8 Å². The summed E-state index contributed by atoms with van der Waals surface area (Å²) in [6, 6.07) is 6.19. The van der Waals surface area contributed by atoms with Crippen molar-refractivity contribution in [2.75, 3.05) is 25.1 Å². The monoisotopic (exact) mass is 480 g/mol. The summed E-state index contributed by atoms with van der Waals surface area (Å²) in [5, 5.41) is 0.0557. The quantitative estimate of drug-likeness (QED) is 0.513. The van der Waals surface area contributed by atoms with Gasteiger partial charge in [-0.2, -0.15) is 9.97 Å². The Morgan fingerprint density at radius 3 is 2.41 bits per heavy atom. The van der Waals surface area contributed by atoms with E-state index < -0.39 is 26.7 Å². The molecule has 10 nitrogen and oxygen atoms in total. The third-order valence-corrected chi connectivity index (χ3v) is 6.79. The third-order valence-electron chi connectivity index (χ3n) is 4.86. The van der Waals surface area contributed by atoms with Crippen molar-refractivity contribution < 1.29 is 13.2 Å². The number of rotatable bonds is 7. The largest absolute Gasteiger partial charge is 0.382 e.